The Balaban J connectivity index is 2.36. The third-order valence-corrected chi connectivity index (χ3v) is 5.06. The number of thiophene rings is 1. The molecule has 2 aromatic rings. The summed E-state index contributed by atoms with van der Waals surface area (Å²) in [5, 5.41) is 13.0. The van der Waals surface area contributed by atoms with Crippen molar-refractivity contribution in [2.45, 2.75) is 19.9 Å². The molecule has 1 unspecified atom stereocenters. The maximum atomic E-state index is 12.3. The van der Waals surface area contributed by atoms with E-state index in [2.05, 4.69) is 21.2 Å². The number of nitrogens with two attached hydrogens (primary N) is 1. The standard InChI is InChI=1S/C14H17BrN2O2S/c1-7(2)9(6-18)17-14(19)13-12(16)11-8(15)4-3-5-10(11)20-13/h3-5,7,9,18H,6,16H2,1-2H3,(H,17,19). The Morgan fingerprint density at radius 1 is 1.50 bits per heavy atom. The van der Waals surface area contributed by atoms with Gasteiger partial charge in [0.2, 0.25) is 0 Å². The smallest absolute Gasteiger partial charge is 0.263 e. The molecular formula is C14H17BrN2O2S. The summed E-state index contributed by atoms with van der Waals surface area (Å²) in [7, 11) is 0. The fourth-order valence-electron chi connectivity index (χ4n) is 1.95. The molecule has 1 heterocycles. The molecule has 1 aromatic heterocycles. The maximum Gasteiger partial charge on any atom is 0.263 e. The number of carbonyl (C=O) groups excluding carboxylic acids is 1. The summed E-state index contributed by atoms with van der Waals surface area (Å²) < 4.78 is 1.84. The van der Waals surface area contributed by atoms with Crippen molar-refractivity contribution in [3.63, 3.8) is 0 Å². The minimum atomic E-state index is -0.268. The number of aliphatic hydroxyl groups is 1. The normalized spacial score (nSPS) is 12.8. The van der Waals surface area contributed by atoms with Gasteiger partial charge < -0.3 is 16.2 Å². The largest absolute Gasteiger partial charge is 0.397 e. The van der Waals surface area contributed by atoms with Crippen LogP contribution >= 0.6 is 27.3 Å². The van der Waals surface area contributed by atoms with Crippen LogP contribution < -0.4 is 11.1 Å². The van der Waals surface area contributed by atoms with Gasteiger partial charge in [0.05, 0.1) is 18.3 Å². The van der Waals surface area contributed by atoms with Gasteiger partial charge in [-0.25, -0.2) is 0 Å². The highest BCUT2D eigenvalue weighted by Crippen LogP contribution is 2.38. The number of halogens is 1. The second-order valence-corrected chi connectivity index (χ2v) is 6.87. The van der Waals surface area contributed by atoms with Crippen molar-refractivity contribution in [1.82, 2.24) is 5.32 Å². The molecule has 0 spiro atoms. The van der Waals surface area contributed by atoms with Crippen molar-refractivity contribution in [3.8, 4) is 0 Å². The Bertz CT molecular complexity index is 639. The van der Waals surface area contributed by atoms with Crippen LogP contribution in [0.1, 0.15) is 23.5 Å². The molecule has 0 aliphatic heterocycles. The molecule has 0 bridgehead atoms. The first-order valence-electron chi connectivity index (χ1n) is 6.34. The van der Waals surface area contributed by atoms with Gasteiger partial charge in [-0.05, 0) is 18.1 Å². The zero-order valence-corrected chi connectivity index (χ0v) is 13.7. The van der Waals surface area contributed by atoms with Crippen molar-refractivity contribution < 1.29 is 9.90 Å². The highest BCUT2D eigenvalue weighted by molar-refractivity contribution is 9.10. The molecule has 1 amide bonds. The fourth-order valence-corrected chi connectivity index (χ4v) is 3.72. The van der Waals surface area contributed by atoms with E-state index in [-0.39, 0.29) is 24.5 Å². The topological polar surface area (TPSA) is 75.3 Å². The number of hydrogen-bond acceptors (Lipinski definition) is 4. The SMILES string of the molecule is CC(C)C(CO)NC(=O)c1sc2cccc(Br)c2c1N. The fraction of sp³-hybridized carbons (Fsp3) is 0.357. The summed E-state index contributed by atoms with van der Waals surface area (Å²) in [6.07, 6.45) is 0. The van der Waals surface area contributed by atoms with Crippen molar-refractivity contribution in [1.29, 1.82) is 0 Å². The summed E-state index contributed by atoms with van der Waals surface area (Å²) >= 11 is 4.81. The monoisotopic (exact) mass is 356 g/mol. The molecule has 0 aliphatic rings. The molecule has 1 aromatic carbocycles. The molecule has 0 saturated carbocycles. The van der Waals surface area contributed by atoms with Crippen molar-refractivity contribution in [2.75, 3.05) is 12.3 Å². The predicted molar refractivity (Wildman–Crippen MR) is 87.1 cm³/mol. The van der Waals surface area contributed by atoms with Crippen LogP contribution in [0.2, 0.25) is 0 Å². The van der Waals surface area contributed by atoms with Gasteiger partial charge in [0, 0.05) is 14.6 Å². The average Bonchev–Trinajstić information content (AvgIpc) is 2.74. The van der Waals surface area contributed by atoms with Gasteiger partial charge >= 0.3 is 0 Å². The van der Waals surface area contributed by atoms with E-state index < -0.39 is 0 Å². The van der Waals surface area contributed by atoms with E-state index >= 15 is 0 Å². The van der Waals surface area contributed by atoms with Gasteiger partial charge in [0.15, 0.2) is 0 Å². The molecule has 4 nitrogen and oxygen atoms in total. The number of nitrogens with one attached hydrogen (secondary N) is 1. The van der Waals surface area contributed by atoms with Crippen molar-refractivity contribution in [2.24, 2.45) is 5.92 Å². The number of anilines is 1. The third-order valence-electron chi connectivity index (χ3n) is 3.23. The number of fused-ring (bicyclic) bond motifs is 1. The summed E-state index contributed by atoms with van der Waals surface area (Å²) in [6, 6.07) is 5.48. The number of nitrogen functional groups attached to an aromatic ring is 1. The second kappa shape index (κ2) is 6.11. The van der Waals surface area contributed by atoms with Crippen LogP contribution in [-0.4, -0.2) is 23.7 Å². The van der Waals surface area contributed by atoms with Gasteiger partial charge in [-0.1, -0.05) is 35.8 Å². The number of rotatable bonds is 4. The average molecular weight is 357 g/mol. The quantitative estimate of drug-likeness (QED) is 0.788. The number of hydrogen-bond donors (Lipinski definition) is 3. The Morgan fingerprint density at radius 3 is 2.75 bits per heavy atom. The lowest BCUT2D eigenvalue weighted by Gasteiger charge is -2.19. The molecule has 4 N–H and O–H groups in total. The van der Waals surface area contributed by atoms with Crippen LogP contribution in [0.3, 0.4) is 0 Å². The van der Waals surface area contributed by atoms with Gasteiger partial charge in [-0.15, -0.1) is 11.3 Å². The third kappa shape index (κ3) is 2.82. The Hall–Kier alpha value is -1.11. The van der Waals surface area contributed by atoms with Gasteiger partial charge in [0.25, 0.3) is 5.91 Å². The molecule has 0 saturated heterocycles. The van der Waals surface area contributed by atoms with Crippen LogP contribution in [0.25, 0.3) is 10.1 Å². The predicted octanol–water partition coefficient (Wildman–Crippen LogP) is 2.99. The second-order valence-electron chi connectivity index (χ2n) is 4.96. The molecule has 6 heteroatoms. The van der Waals surface area contributed by atoms with Gasteiger partial charge in [-0.2, -0.15) is 0 Å². The van der Waals surface area contributed by atoms with E-state index in [1.165, 1.54) is 11.3 Å². The van der Waals surface area contributed by atoms with E-state index in [9.17, 15) is 9.90 Å². The van der Waals surface area contributed by atoms with E-state index in [1.807, 2.05) is 32.0 Å². The Morgan fingerprint density at radius 2 is 2.20 bits per heavy atom. The van der Waals surface area contributed by atoms with Crippen molar-refractivity contribution in [3.05, 3.63) is 27.5 Å². The van der Waals surface area contributed by atoms with Crippen LogP contribution in [0.4, 0.5) is 5.69 Å². The van der Waals surface area contributed by atoms with Crippen LogP contribution in [0.5, 0.6) is 0 Å². The minimum absolute atomic E-state index is 0.0854. The zero-order chi connectivity index (χ0) is 14.9. The van der Waals surface area contributed by atoms with E-state index in [0.29, 0.717) is 10.6 Å². The highest BCUT2D eigenvalue weighted by Gasteiger charge is 2.21. The zero-order valence-electron chi connectivity index (χ0n) is 11.3. The maximum absolute atomic E-state index is 12.3. The van der Waals surface area contributed by atoms with E-state index in [0.717, 1.165) is 14.6 Å². The number of benzene rings is 1. The summed E-state index contributed by atoms with van der Waals surface area (Å²) in [4.78, 5) is 12.8. The molecule has 1 atom stereocenters. The molecule has 0 fully saturated rings. The first-order valence-corrected chi connectivity index (χ1v) is 7.94. The number of aliphatic hydroxyl groups excluding tert-OH is 1. The first-order chi connectivity index (χ1) is 9.45. The number of carbonyl (C=O) groups is 1. The highest BCUT2D eigenvalue weighted by atomic mass is 79.9. The molecule has 0 radical (unpaired) electrons. The minimum Gasteiger partial charge on any atom is -0.397 e. The lowest BCUT2D eigenvalue weighted by molar-refractivity contribution is 0.0902. The summed E-state index contributed by atoms with van der Waals surface area (Å²) in [6.45, 7) is 3.82. The van der Waals surface area contributed by atoms with Crippen LogP contribution in [0.15, 0.2) is 22.7 Å². The lowest BCUT2D eigenvalue weighted by Crippen LogP contribution is -2.41. The van der Waals surface area contributed by atoms with E-state index in [4.69, 9.17) is 5.73 Å². The molecule has 0 aliphatic carbocycles. The molecule has 20 heavy (non-hydrogen) atoms. The summed E-state index contributed by atoms with van der Waals surface area (Å²) in [5.74, 6) is -0.0744. The molecule has 2 rings (SSSR count). The lowest BCUT2D eigenvalue weighted by atomic mass is 10.1. The summed E-state index contributed by atoms with van der Waals surface area (Å²) in [5.41, 5.74) is 6.57. The van der Waals surface area contributed by atoms with Crippen molar-refractivity contribution >= 4 is 48.9 Å². The van der Waals surface area contributed by atoms with Gasteiger partial charge in [0.1, 0.15) is 4.88 Å². The van der Waals surface area contributed by atoms with Crippen LogP contribution in [0, 0.1) is 5.92 Å². The first kappa shape index (κ1) is 15.3. The Kier molecular flexibility index (Phi) is 4.67. The van der Waals surface area contributed by atoms with Gasteiger partial charge in [-0.3, -0.25) is 4.79 Å². The van der Waals surface area contributed by atoms with E-state index in [1.54, 1.807) is 0 Å². The van der Waals surface area contributed by atoms with Crippen LogP contribution in [-0.2, 0) is 0 Å². The molecular weight excluding hydrogens is 340 g/mol. The Labute approximate surface area is 130 Å². The number of amides is 1. The molecule has 108 valence electrons.